The standard InChI is InChI=1S/C26H32N4O4/c1-16-8-7-9-17(2)22(16)28-20(31)14-27-21(32)15-30-23(33)26(6,29-24(30)34)19-12-10-18(11-13-19)25(3,4)5/h7-13H,14-15H2,1-6H3,(H,27,32)(H,28,31)(H,29,34). The zero-order valence-electron chi connectivity index (χ0n) is 20.5. The van der Waals surface area contributed by atoms with E-state index in [-0.39, 0.29) is 12.0 Å². The summed E-state index contributed by atoms with van der Waals surface area (Å²) in [6.07, 6.45) is 0. The minimum Gasteiger partial charge on any atom is -0.345 e. The van der Waals surface area contributed by atoms with Gasteiger partial charge in [-0.05, 0) is 48.4 Å². The lowest BCUT2D eigenvalue weighted by atomic mass is 9.84. The second-order valence-electron chi connectivity index (χ2n) is 9.87. The first kappa shape index (κ1) is 25.0. The summed E-state index contributed by atoms with van der Waals surface area (Å²) in [6, 6.07) is 12.5. The van der Waals surface area contributed by atoms with Crippen molar-refractivity contribution in [3.05, 3.63) is 64.7 Å². The number of nitrogens with zero attached hydrogens (tertiary/aromatic N) is 1. The van der Waals surface area contributed by atoms with Crippen LogP contribution in [0.1, 0.15) is 49.9 Å². The molecule has 0 aliphatic carbocycles. The lowest BCUT2D eigenvalue weighted by Gasteiger charge is -2.24. The van der Waals surface area contributed by atoms with Crippen LogP contribution < -0.4 is 16.0 Å². The maximum atomic E-state index is 13.1. The van der Waals surface area contributed by atoms with Crippen LogP contribution in [0.5, 0.6) is 0 Å². The molecule has 1 aliphatic heterocycles. The minimum atomic E-state index is -1.27. The Morgan fingerprint density at radius 1 is 0.971 bits per heavy atom. The molecule has 1 heterocycles. The van der Waals surface area contributed by atoms with E-state index < -0.39 is 35.8 Å². The predicted octanol–water partition coefficient (Wildman–Crippen LogP) is 3.12. The molecule has 0 saturated carbocycles. The Morgan fingerprint density at radius 3 is 2.12 bits per heavy atom. The maximum absolute atomic E-state index is 13.1. The summed E-state index contributed by atoms with van der Waals surface area (Å²) in [6.45, 7) is 10.9. The molecule has 1 saturated heterocycles. The van der Waals surface area contributed by atoms with Gasteiger partial charge in [0.25, 0.3) is 5.91 Å². The Hall–Kier alpha value is -3.68. The quantitative estimate of drug-likeness (QED) is 0.571. The van der Waals surface area contributed by atoms with E-state index in [1.54, 1.807) is 6.92 Å². The minimum absolute atomic E-state index is 0.0450. The van der Waals surface area contributed by atoms with Gasteiger partial charge < -0.3 is 16.0 Å². The molecule has 5 amide bonds. The summed E-state index contributed by atoms with van der Waals surface area (Å²) in [5.74, 6) is -1.52. The average molecular weight is 465 g/mol. The van der Waals surface area contributed by atoms with Gasteiger partial charge in [-0.2, -0.15) is 0 Å². The van der Waals surface area contributed by atoms with Crippen LogP contribution in [0.15, 0.2) is 42.5 Å². The van der Waals surface area contributed by atoms with Crippen LogP contribution in [0.2, 0.25) is 0 Å². The Bertz CT molecular complexity index is 1110. The second-order valence-corrected chi connectivity index (χ2v) is 9.87. The van der Waals surface area contributed by atoms with Crippen LogP contribution in [0.4, 0.5) is 10.5 Å². The van der Waals surface area contributed by atoms with Gasteiger partial charge in [0.2, 0.25) is 11.8 Å². The summed E-state index contributed by atoms with van der Waals surface area (Å²) in [5, 5.41) is 7.96. The van der Waals surface area contributed by atoms with Gasteiger partial charge in [0.05, 0.1) is 6.54 Å². The van der Waals surface area contributed by atoms with Gasteiger partial charge in [-0.15, -0.1) is 0 Å². The molecule has 3 N–H and O–H groups in total. The molecular weight excluding hydrogens is 432 g/mol. The van der Waals surface area contributed by atoms with E-state index in [2.05, 4.69) is 36.7 Å². The number of amides is 5. The van der Waals surface area contributed by atoms with Crippen LogP contribution >= 0.6 is 0 Å². The van der Waals surface area contributed by atoms with E-state index in [4.69, 9.17) is 0 Å². The van der Waals surface area contributed by atoms with Crippen molar-refractivity contribution in [2.45, 2.75) is 52.5 Å². The third-order valence-electron chi connectivity index (χ3n) is 6.10. The summed E-state index contributed by atoms with van der Waals surface area (Å²) >= 11 is 0. The van der Waals surface area contributed by atoms with Crippen molar-refractivity contribution < 1.29 is 19.2 Å². The molecule has 2 aromatic rings. The first-order valence-electron chi connectivity index (χ1n) is 11.2. The number of aryl methyl sites for hydroxylation is 2. The SMILES string of the molecule is Cc1cccc(C)c1NC(=O)CNC(=O)CN1C(=O)NC(C)(c2ccc(C(C)(C)C)cc2)C1=O. The molecule has 180 valence electrons. The Balaban J connectivity index is 1.61. The normalized spacial score (nSPS) is 18.0. The van der Waals surface area contributed by atoms with E-state index >= 15 is 0 Å². The van der Waals surface area contributed by atoms with Gasteiger partial charge in [-0.3, -0.25) is 19.3 Å². The summed E-state index contributed by atoms with van der Waals surface area (Å²) in [7, 11) is 0. The van der Waals surface area contributed by atoms with Crippen molar-refractivity contribution in [1.29, 1.82) is 0 Å². The van der Waals surface area contributed by atoms with Crippen LogP contribution in [0, 0.1) is 13.8 Å². The van der Waals surface area contributed by atoms with Crippen molar-refractivity contribution in [3.63, 3.8) is 0 Å². The van der Waals surface area contributed by atoms with E-state index in [0.29, 0.717) is 11.3 Å². The van der Waals surface area contributed by atoms with Gasteiger partial charge in [-0.1, -0.05) is 63.2 Å². The van der Waals surface area contributed by atoms with Gasteiger partial charge in [0.1, 0.15) is 12.1 Å². The largest absolute Gasteiger partial charge is 0.345 e. The highest BCUT2D eigenvalue weighted by atomic mass is 16.2. The molecule has 2 aromatic carbocycles. The highest BCUT2D eigenvalue weighted by molar-refractivity contribution is 6.09. The Kier molecular flexibility index (Phi) is 6.82. The summed E-state index contributed by atoms with van der Waals surface area (Å²) < 4.78 is 0. The molecule has 34 heavy (non-hydrogen) atoms. The maximum Gasteiger partial charge on any atom is 0.325 e. The number of benzene rings is 2. The third kappa shape index (κ3) is 5.11. The summed E-state index contributed by atoms with van der Waals surface area (Å²) in [5.41, 5.74) is 2.94. The van der Waals surface area contributed by atoms with E-state index in [9.17, 15) is 19.2 Å². The number of anilines is 1. The number of para-hydroxylation sites is 1. The highest BCUT2D eigenvalue weighted by Crippen LogP contribution is 2.31. The predicted molar refractivity (Wildman–Crippen MR) is 130 cm³/mol. The molecule has 1 atom stereocenters. The highest BCUT2D eigenvalue weighted by Gasteiger charge is 2.49. The van der Waals surface area contributed by atoms with Crippen LogP contribution in [0.3, 0.4) is 0 Å². The van der Waals surface area contributed by atoms with Crippen molar-refractivity contribution in [3.8, 4) is 0 Å². The molecule has 8 heteroatoms. The first-order chi connectivity index (χ1) is 15.8. The molecule has 0 aromatic heterocycles. The van der Waals surface area contributed by atoms with Crippen LogP contribution in [0.25, 0.3) is 0 Å². The Labute approximate surface area is 200 Å². The zero-order valence-corrected chi connectivity index (χ0v) is 20.5. The molecule has 0 bridgehead atoms. The first-order valence-corrected chi connectivity index (χ1v) is 11.2. The number of nitrogens with one attached hydrogen (secondary N) is 3. The number of carbonyl (C=O) groups excluding carboxylic acids is 4. The topological polar surface area (TPSA) is 108 Å². The molecule has 1 unspecified atom stereocenters. The molecule has 3 rings (SSSR count). The van der Waals surface area contributed by atoms with Gasteiger partial charge >= 0.3 is 6.03 Å². The lowest BCUT2D eigenvalue weighted by molar-refractivity contribution is -0.135. The van der Waals surface area contributed by atoms with E-state index in [1.807, 2.05) is 56.3 Å². The van der Waals surface area contributed by atoms with Gasteiger partial charge in [-0.25, -0.2) is 4.79 Å². The average Bonchev–Trinajstić information content (AvgIpc) is 2.98. The Morgan fingerprint density at radius 2 is 1.56 bits per heavy atom. The molecule has 1 fully saturated rings. The number of rotatable bonds is 6. The molecule has 0 radical (unpaired) electrons. The monoisotopic (exact) mass is 464 g/mol. The molecular formula is C26H32N4O4. The molecule has 0 spiro atoms. The van der Waals surface area contributed by atoms with Crippen molar-refractivity contribution in [2.75, 3.05) is 18.4 Å². The van der Waals surface area contributed by atoms with Crippen molar-refractivity contribution in [1.82, 2.24) is 15.5 Å². The summed E-state index contributed by atoms with van der Waals surface area (Å²) in [4.78, 5) is 51.2. The molecule has 1 aliphatic rings. The number of hydrogen-bond acceptors (Lipinski definition) is 4. The van der Waals surface area contributed by atoms with Crippen molar-refractivity contribution >= 4 is 29.4 Å². The van der Waals surface area contributed by atoms with Gasteiger partial charge in [0.15, 0.2) is 0 Å². The fourth-order valence-electron chi connectivity index (χ4n) is 3.91. The molecule has 8 nitrogen and oxygen atoms in total. The number of imide groups is 1. The fraction of sp³-hybridized carbons (Fsp3) is 0.385. The second kappa shape index (κ2) is 9.29. The lowest BCUT2D eigenvalue weighted by Crippen LogP contribution is -2.44. The van der Waals surface area contributed by atoms with Crippen LogP contribution in [-0.2, 0) is 25.3 Å². The fourth-order valence-corrected chi connectivity index (χ4v) is 3.91. The van der Waals surface area contributed by atoms with Crippen LogP contribution in [-0.4, -0.2) is 41.7 Å². The zero-order chi connectivity index (χ0) is 25.3. The van der Waals surface area contributed by atoms with E-state index in [1.165, 1.54) is 0 Å². The smallest absolute Gasteiger partial charge is 0.325 e. The van der Waals surface area contributed by atoms with E-state index in [0.717, 1.165) is 21.6 Å². The van der Waals surface area contributed by atoms with Crippen molar-refractivity contribution in [2.24, 2.45) is 0 Å². The van der Waals surface area contributed by atoms with Gasteiger partial charge in [0, 0.05) is 5.69 Å². The number of urea groups is 1. The number of carbonyl (C=O) groups is 4. The number of hydrogen-bond donors (Lipinski definition) is 3. The third-order valence-corrected chi connectivity index (χ3v) is 6.10.